The Hall–Kier alpha value is -2.40. The third-order valence-electron chi connectivity index (χ3n) is 5.90. The minimum Gasteiger partial charge on any atom is -0.356 e. The van der Waals surface area contributed by atoms with Crippen molar-refractivity contribution >= 4 is 21.7 Å². The second-order valence-corrected chi connectivity index (χ2v) is 10.1. The molecule has 0 spiro atoms. The quantitative estimate of drug-likeness (QED) is 0.670. The Morgan fingerprint density at radius 1 is 0.812 bits per heavy atom. The molecule has 3 heterocycles. The summed E-state index contributed by atoms with van der Waals surface area (Å²) in [5, 5.41) is 0. The zero-order valence-corrected chi connectivity index (χ0v) is 18.4. The van der Waals surface area contributed by atoms with Crippen LogP contribution in [0.25, 0.3) is 0 Å². The van der Waals surface area contributed by atoms with Gasteiger partial charge in [0.1, 0.15) is 18.0 Å². The van der Waals surface area contributed by atoms with E-state index < -0.39 is 21.8 Å². The van der Waals surface area contributed by atoms with E-state index in [0.29, 0.717) is 31.7 Å². The van der Waals surface area contributed by atoms with Gasteiger partial charge in [0.25, 0.3) is 0 Å². The van der Waals surface area contributed by atoms with Crippen LogP contribution in [0.15, 0.2) is 36.7 Å². The van der Waals surface area contributed by atoms with Gasteiger partial charge in [0.15, 0.2) is 0 Å². The van der Waals surface area contributed by atoms with E-state index in [2.05, 4.69) is 14.9 Å². The van der Waals surface area contributed by atoms with Crippen molar-refractivity contribution in [3.63, 3.8) is 0 Å². The van der Waals surface area contributed by atoms with Gasteiger partial charge in [-0.25, -0.2) is 18.4 Å². The molecule has 32 heavy (non-hydrogen) atoms. The van der Waals surface area contributed by atoms with Crippen LogP contribution in [-0.2, 0) is 22.0 Å². The predicted molar refractivity (Wildman–Crippen MR) is 116 cm³/mol. The van der Waals surface area contributed by atoms with Crippen LogP contribution in [0.1, 0.15) is 30.4 Å². The van der Waals surface area contributed by atoms with Gasteiger partial charge in [-0.05, 0) is 37.0 Å². The lowest BCUT2D eigenvalue weighted by molar-refractivity contribution is -0.137. The van der Waals surface area contributed by atoms with Crippen molar-refractivity contribution in [2.45, 2.75) is 31.2 Å². The monoisotopic (exact) mass is 469 g/mol. The highest BCUT2D eigenvalue weighted by Gasteiger charge is 2.31. The number of anilines is 2. The minimum absolute atomic E-state index is 0.298. The molecule has 2 aliphatic rings. The summed E-state index contributed by atoms with van der Waals surface area (Å²) < 4.78 is 65.1. The smallest absolute Gasteiger partial charge is 0.356 e. The van der Waals surface area contributed by atoms with Crippen molar-refractivity contribution < 1.29 is 21.6 Å². The molecule has 0 radical (unpaired) electrons. The Labute approximate surface area is 185 Å². The summed E-state index contributed by atoms with van der Waals surface area (Å²) in [5.41, 5.74) is -0.455. The molecule has 0 bridgehead atoms. The molecular formula is C21H26F3N5O2S. The largest absolute Gasteiger partial charge is 0.416 e. The topological polar surface area (TPSA) is 69.6 Å². The number of halogens is 3. The molecule has 2 aromatic rings. The van der Waals surface area contributed by atoms with Crippen molar-refractivity contribution in [1.82, 2.24) is 14.3 Å². The lowest BCUT2D eigenvalue weighted by atomic mass is 10.1. The Morgan fingerprint density at radius 2 is 1.38 bits per heavy atom. The highest BCUT2D eigenvalue weighted by atomic mass is 32.2. The number of hydrogen-bond acceptors (Lipinski definition) is 6. The number of alkyl halides is 3. The van der Waals surface area contributed by atoms with Crippen molar-refractivity contribution in [3.05, 3.63) is 47.8 Å². The fourth-order valence-corrected chi connectivity index (χ4v) is 5.61. The van der Waals surface area contributed by atoms with E-state index in [4.69, 9.17) is 0 Å². The number of hydrogen-bond donors (Lipinski definition) is 0. The molecule has 11 heteroatoms. The summed E-state index contributed by atoms with van der Waals surface area (Å²) in [6.07, 6.45) is 0.635. The van der Waals surface area contributed by atoms with E-state index in [0.717, 1.165) is 49.7 Å². The van der Waals surface area contributed by atoms with Gasteiger partial charge < -0.3 is 9.80 Å². The molecule has 174 valence electrons. The van der Waals surface area contributed by atoms with Gasteiger partial charge in [0.05, 0.1) is 11.3 Å². The van der Waals surface area contributed by atoms with Crippen LogP contribution in [-0.4, -0.2) is 62.0 Å². The molecule has 2 aliphatic heterocycles. The zero-order valence-electron chi connectivity index (χ0n) is 17.6. The zero-order chi connectivity index (χ0) is 22.8. The van der Waals surface area contributed by atoms with Crippen molar-refractivity contribution in [2.75, 3.05) is 49.1 Å². The van der Waals surface area contributed by atoms with Crippen LogP contribution < -0.4 is 9.80 Å². The predicted octanol–water partition coefficient (Wildman–Crippen LogP) is 3.14. The van der Waals surface area contributed by atoms with Gasteiger partial charge in [-0.3, -0.25) is 0 Å². The van der Waals surface area contributed by atoms with Crippen LogP contribution in [0, 0.1) is 0 Å². The van der Waals surface area contributed by atoms with Crippen molar-refractivity contribution in [2.24, 2.45) is 0 Å². The Kier molecular flexibility index (Phi) is 6.57. The Morgan fingerprint density at radius 3 is 1.94 bits per heavy atom. The summed E-state index contributed by atoms with van der Waals surface area (Å²) >= 11 is 0. The molecule has 0 amide bonds. The van der Waals surface area contributed by atoms with Gasteiger partial charge in [0.2, 0.25) is 10.0 Å². The van der Waals surface area contributed by atoms with Crippen LogP contribution in [0.3, 0.4) is 0 Å². The molecule has 0 atom stereocenters. The first-order valence-corrected chi connectivity index (χ1v) is 12.3. The van der Waals surface area contributed by atoms with Crippen LogP contribution >= 0.6 is 0 Å². The van der Waals surface area contributed by atoms with E-state index in [9.17, 15) is 21.6 Å². The number of nitrogens with zero attached hydrogens (tertiary/aromatic N) is 5. The number of rotatable bonds is 5. The number of piperidine rings is 1. The molecule has 0 saturated carbocycles. The van der Waals surface area contributed by atoms with E-state index >= 15 is 0 Å². The standard InChI is InChI=1S/C21H26F3N5O2S/c22-21(23,24)18-6-4-17(5-7-18)15-32(30,31)29-12-10-28(11-13-29)20-14-19(25-16-26-20)27-8-2-1-3-9-27/h4-7,14,16H,1-3,8-13,15H2. The third kappa shape index (κ3) is 5.32. The molecule has 4 rings (SSSR count). The van der Waals surface area contributed by atoms with Gasteiger partial charge in [-0.1, -0.05) is 12.1 Å². The first-order valence-electron chi connectivity index (χ1n) is 10.7. The van der Waals surface area contributed by atoms with Gasteiger partial charge in [0, 0.05) is 45.3 Å². The summed E-state index contributed by atoms with van der Waals surface area (Å²) in [7, 11) is -3.63. The molecule has 2 saturated heterocycles. The molecule has 1 aromatic carbocycles. The average Bonchev–Trinajstić information content (AvgIpc) is 2.79. The van der Waals surface area contributed by atoms with Gasteiger partial charge in [-0.15, -0.1) is 0 Å². The Balaban J connectivity index is 1.36. The molecule has 7 nitrogen and oxygen atoms in total. The summed E-state index contributed by atoms with van der Waals surface area (Å²) in [5.74, 6) is 1.35. The average molecular weight is 470 g/mol. The van der Waals surface area contributed by atoms with Gasteiger partial charge in [-0.2, -0.15) is 17.5 Å². The van der Waals surface area contributed by atoms with E-state index in [1.807, 2.05) is 11.0 Å². The number of piperazine rings is 1. The van der Waals surface area contributed by atoms with E-state index in [1.165, 1.54) is 22.9 Å². The highest BCUT2D eigenvalue weighted by Crippen LogP contribution is 2.29. The maximum atomic E-state index is 12.8. The van der Waals surface area contributed by atoms with Crippen LogP contribution in [0.4, 0.5) is 24.8 Å². The maximum absolute atomic E-state index is 12.8. The van der Waals surface area contributed by atoms with Crippen molar-refractivity contribution in [3.8, 4) is 0 Å². The molecular weight excluding hydrogens is 443 g/mol. The number of sulfonamides is 1. The molecule has 0 aliphatic carbocycles. The number of aromatic nitrogens is 2. The fourth-order valence-electron chi connectivity index (χ4n) is 4.09. The lowest BCUT2D eigenvalue weighted by Crippen LogP contribution is -2.49. The SMILES string of the molecule is O=S(=O)(Cc1ccc(C(F)(F)F)cc1)N1CCN(c2cc(N3CCCCC3)ncn2)CC1. The Bertz CT molecular complexity index is 1020. The minimum atomic E-state index is -4.44. The summed E-state index contributed by atoms with van der Waals surface area (Å²) in [4.78, 5) is 13.1. The second-order valence-electron chi connectivity index (χ2n) is 8.12. The lowest BCUT2D eigenvalue weighted by Gasteiger charge is -2.35. The maximum Gasteiger partial charge on any atom is 0.416 e. The van der Waals surface area contributed by atoms with Gasteiger partial charge >= 0.3 is 6.18 Å². The normalized spacial score (nSPS) is 18.7. The van der Waals surface area contributed by atoms with E-state index in [1.54, 1.807) is 6.33 Å². The van der Waals surface area contributed by atoms with E-state index in [-0.39, 0.29) is 5.75 Å². The fraction of sp³-hybridized carbons (Fsp3) is 0.524. The molecule has 1 aromatic heterocycles. The molecule has 2 fully saturated rings. The first-order chi connectivity index (χ1) is 15.2. The number of benzene rings is 1. The first kappa shape index (κ1) is 22.8. The second kappa shape index (κ2) is 9.22. The summed E-state index contributed by atoms with van der Waals surface area (Å²) in [6.45, 7) is 3.53. The highest BCUT2D eigenvalue weighted by molar-refractivity contribution is 7.88. The van der Waals surface area contributed by atoms with Crippen molar-refractivity contribution in [1.29, 1.82) is 0 Å². The van der Waals surface area contributed by atoms with Crippen LogP contribution in [0.2, 0.25) is 0 Å². The summed E-state index contributed by atoms with van der Waals surface area (Å²) in [6, 6.07) is 6.23. The molecule has 0 N–H and O–H groups in total. The molecule has 0 unspecified atom stereocenters. The van der Waals surface area contributed by atoms with Crippen LogP contribution in [0.5, 0.6) is 0 Å². The third-order valence-corrected chi connectivity index (χ3v) is 7.75.